The van der Waals surface area contributed by atoms with Crippen molar-refractivity contribution in [3.05, 3.63) is 10.7 Å². The van der Waals surface area contributed by atoms with Crippen molar-refractivity contribution in [1.29, 1.82) is 0 Å². The number of ether oxygens (including phenoxy) is 2. The van der Waals surface area contributed by atoms with Crippen molar-refractivity contribution in [3.63, 3.8) is 0 Å². The van der Waals surface area contributed by atoms with E-state index in [0.29, 0.717) is 5.76 Å². The van der Waals surface area contributed by atoms with Gasteiger partial charge in [0.1, 0.15) is 17.8 Å². The normalized spacial score (nSPS) is 30.1. The van der Waals surface area contributed by atoms with Crippen LogP contribution in [0.1, 0.15) is 13.8 Å². The fourth-order valence-electron chi connectivity index (χ4n) is 1.38. The Morgan fingerprint density at radius 3 is 2.67 bits per heavy atom. The maximum atomic E-state index is 11.5. The van der Waals surface area contributed by atoms with Gasteiger partial charge in [-0.25, -0.2) is 0 Å². The second-order valence-corrected chi connectivity index (χ2v) is 4.62. The van der Waals surface area contributed by atoms with Crippen LogP contribution in [0.3, 0.4) is 0 Å². The first-order chi connectivity index (χ1) is 6.97. The van der Waals surface area contributed by atoms with E-state index < -0.39 is 24.0 Å². The molecule has 15 heavy (non-hydrogen) atoms. The Morgan fingerprint density at radius 1 is 1.67 bits per heavy atom. The molecule has 6 heteroatoms. The summed E-state index contributed by atoms with van der Waals surface area (Å²) in [6.45, 7) is 2.97. The lowest BCUT2D eigenvalue weighted by molar-refractivity contribution is -0.152. The molecule has 0 amide bonds. The quantitative estimate of drug-likeness (QED) is 0.570. The number of halogens is 2. The second-order valence-electron chi connectivity index (χ2n) is 3.17. The smallest absolute Gasteiger partial charge is 0.319 e. The Bertz CT molecular complexity index is 313. The third kappa shape index (κ3) is 2.81. The third-order valence-corrected chi connectivity index (χ3v) is 3.51. The minimum Gasteiger partial charge on any atom is -0.462 e. The number of carbonyl (C=O) groups is 2. The molecular formula is C9H10Br2O4. The maximum Gasteiger partial charge on any atom is 0.319 e. The van der Waals surface area contributed by atoms with Gasteiger partial charge in [-0.3, -0.25) is 9.59 Å². The monoisotopic (exact) mass is 340 g/mol. The first kappa shape index (κ1) is 12.7. The lowest BCUT2D eigenvalue weighted by Crippen LogP contribution is -2.31. The SMILES string of the molecule is CC(=O)OC(C)[C@@H]1C(=O)O/C(=C\Br)C1Br. The molecule has 0 saturated carbocycles. The van der Waals surface area contributed by atoms with Gasteiger partial charge >= 0.3 is 11.9 Å². The molecule has 1 aliphatic heterocycles. The van der Waals surface area contributed by atoms with Crippen molar-refractivity contribution >= 4 is 43.8 Å². The Balaban J connectivity index is 2.77. The average molecular weight is 342 g/mol. The predicted octanol–water partition coefficient (Wildman–Crippen LogP) is 2.11. The minimum absolute atomic E-state index is 0.265. The third-order valence-electron chi connectivity index (χ3n) is 2.04. The molecular weight excluding hydrogens is 332 g/mol. The molecule has 0 radical (unpaired) electrons. The van der Waals surface area contributed by atoms with E-state index in [1.54, 1.807) is 6.92 Å². The number of hydrogen-bond acceptors (Lipinski definition) is 4. The number of carbonyl (C=O) groups excluding carboxylic acids is 2. The molecule has 84 valence electrons. The lowest BCUT2D eigenvalue weighted by Gasteiger charge is -2.17. The zero-order chi connectivity index (χ0) is 11.6. The van der Waals surface area contributed by atoms with Gasteiger partial charge in [-0.05, 0) is 6.92 Å². The summed E-state index contributed by atoms with van der Waals surface area (Å²) in [6.07, 6.45) is -0.510. The van der Waals surface area contributed by atoms with Crippen LogP contribution in [0, 0.1) is 5.92 Å². The molecule has 2 unspecified atom stereocenters. The topological polar surface area (TPSA) is 52.6 Å². The predicted molar refractivity (Wildman–Crippen MR) is 60.5 cm³/mol. The molecule has 0 aromatic rings. The fraction of sp³-hybridized carbons (Fsp3) is 0.556. The number of allylic oxidation sites excluding steroid dienone is 1. The van der Waals surface area contributed by atoms with Crippen LogP contribution in [-0.2, 0) is 19.1 Å². The summed E-state index contributed by atoms with van der Waals surface area (Å²) in [4.78, 5) is 23.5. The first-order valence-electron chi connectivity index (χ1n) is 4.30. The van der Waals surface area contributed by atoms with Gasteiger partial charge in [0.2, 0.25) is 0 Å². The molecule has 0 bridgehead atoms. The Labute approximate surface area is 104 Å². The van der Waals surface area contributed by atoms with Crippen LogP contribution >= 0.6 is 31.9 Å². The van der Waals surface area contributed by atoms with E-state index in [2.05, 4.69) is 31.9 Å². The van der Waals surface area contributed by atoms with Gasteiger partial charge in [-0.1, -0.05) is 31.9 Å². The highest BCUT2D eigenvalue weighted by atomic mass is 79.9. The highest BCUT2D eigenvalue weighted by molar-refractivity contribution is 9.11. The van der Waals surface area contributed by atoms with Crippen LogP contribution in [0.25, 0.3) is 0 Å². The van der Waals surface area contributed by atoms with Crippen LogP contribution in [0.2, 0.25) is 0 Å². The van der Waals surface area contributed by atoms with Crippen LogP contribution in [0.4, 0.5) is 0 Å². The van der Waals surface area contributed by atoms with Gasteiger partial charge in [-0.15, -0.1) is 0 Å². The Morgan fingerprint density at radius 2 is 2.27 bits per heavy atom. The average Bonchev–Trinajstić information content (AvgIpc) is 2.40. The summed E-state index contributed by atoms with van der Waals surface area (Å²) in [5.74, 6) is -0.815. The summed E-state index contributed by atoms with van der Waals surface area (Å²) >= 11 is 6.42. The molecule has 1 aliphatic rings. The van der Waals surface area contributed by atoms with Gasteiger partial charge in [0.15, 0.2) is 0 Å². The van der Waals surface area contributed by atoms with Crippen molar-refractivity contribution in [3.8, 4) is 0 Å². The zero-order valence-corrected chi connectivity index (χ0v) is 11.4. The van der Waals surface area contributed by atoms with Crippen molar-refractivity contribution in [2.24, 2.45) is 5.92 Å². The minimum atomic E-state index is -0.510. The number of alkyl halides is 1. The van der Waals surface area contributed by atoms with E-state index in [1.165, 1.54) is 11.9 Å². The summed E-state index contributed by atoms with van der Waals surface area (Å²) in [5.41, 5.74) is 0. The molecule has 1 heterocycles. The van der Waals surface area contributed by atoms with Crippen molar-refractivity contribution < 1.29 is 19.1 Å². The molecule has 0 spiro atoms. The van der Waals surface area contributed by atoms with Crippen molar-refractivity contribution in [2.45, 2.75) is 24.8 Å². The molecule has 3 atom stereocenters. The van der Waals surface area contributed by atoms with Gasteiger partial charge in [0.25, 0.3) is 0 Å². The largest absolute Gasteiger partial charge is 0.462 e. The summed E-state index contributed by atoms with van der Waals surface area (Å²) in [6, 6.07) is 0. The number of esters is 2. The van der Waals surface area contributed by atoms with E-state index in [4.69, 9.17) is 9.47 Å². The van der Waals surface area contributed by atoms with Crippen molar-refractivity contribution in [2.75, 3.05) is 0 Å². The Hall–Kier alpha value is -0.360. The summed E-state index contributed by atoms with van der Waals surface area (Å²) < 4.78 is 9.93. The second kappa shape index (κ2) is 5.12. The molecule has 1 rings (SSSR count). The van der Waals surface area contributed by atoms with Gasteiger partial charge in [-0.2, -0.15) is 0 Å². The van der Waals surface area contributed by atoms with Crippen LogP contribution in [0.5, 0.6) is 0 Å². The van der Waals surface area contributed by atoms with E-state index in [0.717, 1.165) is 0 Å². The molecule has 0 N–H and O–H groups in total. The number of rotatable bonds is 2. The van der Waals surface area contributed by atoms with E-state index >= 15 is 0 Å². The van der Waals surface area contributed by atoms with E-state index in [1.807, 2.05) is 0 Å². The van der Waals surface area contributed by atoms with Crippen LogP contribution in [0.15, 0.2) is 10.7 Å². The van der Waals surface area contributed by atoms with Gasteiger partial charge in [0.05, 0.1) is 4.83 Å². The maximum absolute atomic E-state index is 11.5. The number of hydrogen-bond donors (Lipinski definition) is 0. The van der Waals surface area contributed by atoms with Gasteiger partial charge in [0, 0.05) is 11.9 Å². The van der Waals surface area contributed by atoms with Gasteiger partial charge < -0.3 is 9.47 Å². The van der Waals surface area contributed by atoms with Crippen molar-refractivity contribution in [1.82, 2.24) is 0 Å². The summed E-state index contributed by atoms with van der Waals surface area (Å²) in [7, 11) is 0. The standard InChI is InChI=1S/C9H10Br2O4/c1-4(14-5(2)12)7-8(11)6(3-10)15-9(7)13/h3-4,7-8H,1-2H3/b6-3-/t4?,7-,8?/m0/s1. The van der Waals surface area contributed by atoms with E-state index in [-0.39, 0.29) is 4.83 Å². The van der Waals surface area contributed by atoms with Crippen LogP contribution in [-0.4, -0.2) is 22.9 Å². The summed E-state index contributed by atoms with van der Waals surface area (Å²) in [5, 5.41) is 0. The zero-order valence-electron chi connectivity index (χ0n) is 8.20. The lowest BCUT2D eigenvalue weighted by atomic mass is 10.0. The molecule has 1 fully saturated rings. The highest BCUT2D eigenvalue weighted by Crippen LogP contribution is 2.35. The molecule has 0 aliphatic carbocycles. The fourth-order valence-corrected chi connectivity index (χ4v) is 2.99. The highest BCUT2D eigenvalue weighted by Gasteiger charge is 2.44. The molecule has 0 aromatic heterocycles. The molecule has 1 saturated heterocycles. The van der Waals surface area contributed by atoms with Crippen LogP contribution < -0.4 is 0 Å². The first-order valence-corrected chi connectivity index (χ1v) is 6.13. The Kier molecular flexibility index (Phi) is 4.33. The molecule has 4 nitrogen and oxygen atoms in total. The number of cyclic esters (lactones) is 1. The van der Waals surface area contributed by atoms with E-state index in [9.17, 15) is 9.59 Å². The molecule has 0 aromatic carbocycles.